The average molecular weight is 418 g/mol. The third-order valence-electron chi connectivity index (χ3n) is 4.15. The number of rotatable bonds is 8. The summed E-state index contributed by atoms with van der Waals surface area (Å²) in [6.45, 7) is 7.73. The lowest BCUT2D eigenvalue weighted by Gasteiger charge is -2.30. The van der Waals surface area contributed by atoms with Crippen LogP contribution in [0.5, 0.6) is 0 Å². The first-order valence-electron chi connectivity index (χ1n) is 8.13. The van der Waals surface area contributed by atoms with Crippen LogP contribution in [0.1, 0.15) is 37.9 Å². The number of nitrogens with zero attached hydrogens (tertiary/aromatic N) is 1. The predicted molar refractivity (Wildman–Crippen MR) is 103 cm³/mol. The van der Waals surface area contributed by atoms with Crippen LogP contribution in [0.4, 0.5) is 13.2 Å². The van der Waals surface area contributed by atoms with Crippen molar-refractivity contribution in [2.24, 2.45) is 11.7 Å². The van der Waals surface area contributed by atoms with Crippen molar-refractivity contribution in [3.63, 3.8) is 0 Å². The van der Waals surface area contributed by atoms with Crippen molar-refractivity contribution in [1.29, 1.82) is 0 Å². The van der Waals surface area contributed by atoms with Crippen LogP contribution >= 0.6 is 24.8 Å². The van der Waals surface area contributed by atoms with E-state index >= 15 is 0 Å². The van der Waals surface area contributed by atoms with Gasteiger partial charge in [-0.25, -0.2) is 0 Å². The lowest BCUT2D eigenvalue weighted by Crippen LogP contribution is -2.41. The molecule has 0 radical (unpaired) electrons. The monoisotopic (exact) mass is 417 g/mol. The van der Waals surface area contributed by atoms with E-state index in [1.54, 1.807) is 6.92 Å². The summed E-state index contributed by atoms with van der Waals surface area (Å²) in [5.41, 5.74) is 5.55. The SMILES string of the molecule is CCN(CC)C(CNC(=O)C(C)CN)c1ccc(C(F)(F)F)cc1.Cl.Cl. The van der Waals surface area contributed by atoms with Crippen LogP contribution in [-0.2, 0) is 11.0 Å². The van der Waals surface area contributed by atoms with Crippen LogP contribution < -0.4 is 11.1 Å². The van der Waals surface area contributed by atoms with Crippen molar-refractivity contribution in [3.05, 3.63) is 35.4 Å². The van der Waals surface area contributed by atoms with Crippen LogP contribution in [0, 0.1) is 5.92 Å². The fourth-order valence-corrected chi connectivity index (χ4v) is 2.49. The van der Waals surface area contributed by atoms with Gasteiger partial charge in [0.25, 0.3) is 0 Å². The zero-order valence-corrected chi connectivity index (χ0v) is 16.8. The summed E-state index contributed by atoms with van der Waals surface area (Å²) in [5.74, 6) is -0.448. The molecule has 2 atom stereocenters. The largest absolute Gasteiger partial charge is 0.416 e. The van der Waals surface area contributed by atoms with Gasteiger partial charge in [0.05, 0.1) is 11.6 Å². The molecule has 3 N–H and O–H groups in total. The molecular weight excluding hydrogens is 390 g/mol. The number of hydrogen-bond donors (Lipinski definition) is 2. The van der Waals surface area contributed by atoms with Crippen molar-refractivity contribution in [3.8, 4) is 0 Å². The van der Waals surface area contributed by atoms with E-state index in [1.807, 2.05) is 13.8 Å². The molecule has 1 aromatic carbocycles. The van der Waals surface area contributed by atoms with E-state index < -0.39 is 11.7 Å². The molecule has 2 unspecified atom stereocenters. The molecule has 4 nitrogen and oxygen atoms in total. The minimum atomic E-state index is -4.35. The Morgan fingerprint density at radius 1 is 1.15 bits per heavy atom. The Labute approximate surface area is 165 Å². The molecular formula is C17H28Cl2F3N3O. The number of likely N-dealkylation sites (N-methyl/N-ethyl adjacent to an activating group) is 1. The fourth-order valence-electron chi connectivity index (χ4n) is 2.49. The second-order valence-corrected chi connectivity index (χ2v) is 5.74. The second kappa shape index (κ2) is 12.4. The molecule has 0 aliphatic rings. The van der Waals surface area contributed by atoms with Gasteiger partial charge in [0.2, 0.25) is 5.91 Å². The van der Waals surface area contributed by atoms with Gasteiger partial charge < -0.3 is 11.1 Å². The number of hydrogen-bond acceptors (Lipinski definition) is 3. The van der Waals surface area contributed by atoms with E-state index in [9.17, 15) is 18.0 Å². The van der Waals surface area contributed by atoms with Crippen molar-refractivity contribution in [2.75, 3.05) is 26.2 Å². The van der Waals surface area contributed by atoms with Gasteiger partial charge in [-0.1, -0.05) is 32.9 Å². The van der Waals surface area contributed by atoms with Gasteiger partial charge in [0, 0.05) is 19.0 Å². The molecule has 0 spiro atoms. The Bertz CT molecular complexity index is 523. The Morgan fingerprint density at radius 3 is 2.04 bits per heavy atom. The maximum absolute atomic E-state index is 12.7. The molecule has 0 aliphatic heterocycles. The van der Waals surface area contributed by atoms with Crippen molar-refractivity contribution in [2.45, 2.75) is 33.0 Å². The third-order valence-corrected chi connectivity index (χ3v) is 4.15. The molecule has 0 saturated heterocycles. The van der Waals surface area contributed by atoms with E-state index in [0.717, 1.165) is 30.8 Å². The average Bonchev–Trinajstić information content (AvgIpc) is 2.56. The summed E-state index contributed by atoms with van der Waals surface area (Å²) in [4.78, 5) is 14.0. The Kier molecular flexibility index (Phi) is 13.0. The molecule has 0 fully saturated rings. The van der Waals surface area contributed by atoms with Crippen LogP contribution in [-0.4, -0.2) is 37.0 Å². The third kappa shape index (κ3) is 7.70. The molecule has 1 amide bonds. The Balaban J connectivity index is 0. The summed E-state index contributed by atoms with van der Waals surface area (Å²) in [6.07, 6.45) is -4.35. The van der Waals surface area contributed by atoms with Crippen molar-refractivity contribution < 1.29 is 18.0 Å². The normalized spacial score (nSPS) is 13.4. The molecule has 0 heterocycles. The Morgan fingerprint density at radius 2 is 1.65 bits per heavy atom. The number of amides is 1. The van der Waals surface area contributed by atoms with Gasteiger partial charge in [0.1, 0.15) is 0 Å². The highest BCUT2D eigenvalue weighted by molar-refractivity contribution is 5.85. The molecule has 0 aliphatic carbocycles. The molecule has 26 heavy (non-hydrogen) atoms. The number of halogens is 5. The maximum Gasteiger partial charge on any atom is 0.416 e. The van der Waals surface area contributed by atoms with Gasteiger partial charge in [-0.3, -0.25) is 9.69 Å². The number of alkyl halides is 3. The lowest BCUT2D eigenvalue weighted by molar-refractivity contribution is -0.137. The molecule has 0 aromatic heterocycles. The minimum Gasteiger partial charge on any atom is -0.354 e. The smallest absolute Gasteiger partial charge is 0.354 e. The van der Waals surface area contributed by atoms with Crippen LogP contribution in [0.2, 0.25) is 0 Å². The number of carbonyl (C=O) groups excluding carboxylic acids is 1. The van der Waals surface area contributed by atoms with E-state index in [2.05, 4.69) is 10.2 Å². The van der Waals surface area contributed by atoms with Gasteiger partial charge in [0.15, 0.2) is 0 Å². The maximum atomic E-state index is 12.7. The molecule has 0 bridgehead atoms. The molecule has 1 rings (SSSR count). The van der Waals surface area contributed by atoms with Gasteiger partial charge in [-0.15, -0.1) is 24.8 Å². The van der Waals surface area contributed by atoms with Crippen LogP contribution in [0.25, 0.3) is 0 Å². The van der Waals surface area contributed by atoms with Crippen LogP contribution in [0.3, 0.4) is 0 Å². The second-order valence-electron chi connectivity index (χ2n) is 5.74. The van der Waals surface area contributed by atoms with E-state index in [4.69, 9.17) is 5.73 Å². The first-order chi connectivity index (χ1) is 11.2. The van der Waals surface area contributed by atoms with Gasteiger partial charge in [-0.05, 0) is 30.8 Å². The van der Waals surface area contributed by atoms with E-state index in [0.29, 0.717) is 6.54 Å². The van der Waals surface area contributed by atoms with Gasteiger partial charge >= 0.3 is 6.18 Å². The quantitative estimate of drug-likeness (QED) is 0.678. The molecule has 9 heteroatoms. The summed E-state index contributed by atoms with van der Waals surface area (Å²) < 4.78 is 38.1. The summed E-state index contributed by atoms with van der Waals surface area (Å²) in [6, 6.07) is 4.93. The number of nitrogens with two attached hydrogens (primary N) is 1. The Hall–Kier alpha value is -1.02. The molecule has 152 valence electrons. The molecule has 0 saturated carbocycles. The highest BCUT2D eigenvalue weighted by Gasteiger charge is 2.30. The lowest BCUT2D eigenvalue weighted by atomic mass is 10.0. The highest BCUT2D eigenvalue weighted by atomic mass is 35.5. The number of carbonyl (C=O) groups is 1. The van der Waals surface area contributed by atoms with E-state index in [1.165, 1.54) is 12.1 Å². The topological polar surface area (TPSA) is 58.4 Å². The summed E-state index contributed by atoms with van der Waals surface area (Å²) >= 11 is 0. The van der Waals surface area contributed by atoms with Crippen molar-refractivity contribution >= 4 is 30.7 Å². The number of benzene rings is 1. The van der Waals surface area contributed by atoms with E-state index in [-0.39, 0.29) is 49.2 Å². The number of nitrogens with one attached hydrogen (secondary N) is 1. The predicted octanol–water partition coefficient (Wildman–Crippen LogP) is 3.64. The summed E-state index contributed by atoms with van der Waals surface area (Å²) in [5, 5.41) is 2.84. The highest BCUT2D eigenvalue weighted by Crippen LogP contribution is 2.30. The fraction of sp³-hybridized carbons (Fsp3) is 0.588. The van der Waals surface area contributed by atoms with Gasteiger partial charge in [-0.2, -0.15) is 13.2 Å². The van der Waals surface area contributed by atoms with Crippen LogP contribution in [0.15, 0.2) is 24.3 Å². The van der Waals surface area contributed by atoms with Crippen molar-refractivity contribution in [1.82, 2.24) is 10.2 Å². The first-order valence-corrected chi connectivity index (χ1v) is 8.13. The molecule has 1 aromatic rings. The standard InChI is InChI=1S/C17H26F3N3O.2ClH/c1-4-23(5-2)15(11-22-16(24)12(3)10-21)13-6-8-14(9-7-13)17(18,19)20;;/h6-9,12,15H,4-5,10-11,21H2,1-3H3,(H,22,24);2*1H. The zero-order valence-electron chi connectivity index (χ0n) is 15.2. The zero-order chi connectivity index (χ0) is 18.3. The minimum absolute atomic E-state index is 0. The summed E-state index contributed by atoms with van der Waals surface area (Å²) in [7, 11) is 0. The first kappa shape index (κ1) is 27.2.